The molecular formula is C25H22F2N2O5S. The van der Waals surface area contributed by atoms with Crippen LogP contribution >= 0.6 is 11.3 Å². The molecule has 7 nitrogen and oxygen atoms in total. The molecule has 0 aliphatic carbocycles. The Morgan fingerprint density at radius 1 is 1.20 bits per heavy atom. The van der Waals surface area contributed by atoms with Crippen LogP contribution in [0.1, 0.15) is 31.0 Å². The van der Waals surface area contributed by atoms with Crippen molar-refractivity contribution >= 4 is 23.4 Å². The van der Waals surface area contributed by atoms with Gasteiger partial charge in [0, 0.05) is 5.56 Å². The Bertz CT molecular complexity index is 1460. The topological polar surface area (TPSA) is 79.1 Å². The molecule has 1 aliphatic heterocycles. The minimum atomic E-state index is -3.00. The van der Waals surface area contributed by atoms with Crippen molar-refractivity contribution in [1.82, 2.24) is 4.57 Å². The molecule has 1 atom stereocenters. The van der Waals surface area contributed by atoms with Gasteiger partial charge in [-0.2, -0.15) is 8.78 Å². The van der Waals surface area contributed by atoms with Crippen LogP contribution in [0.25, 0.3) is 6.08 Å². The van der Waals surface area contributed by atoms with Crippen molar-refractivity contribution in [3.05, 3.63) is 90.6 Å². The zero-order valence-corrected chi connectivity index (χ0v) is 20.0. The van der Waals surface area contributed by atoms with Gasteiger partial charge in [-0.15, -0.1) is 0 Å². The summed E-state index contributed by atoms with van der Waals surface area (Å²) in [6.07, 6.45) is 1.48. The second-order valence-electron chi connectivity index (χ2n) is 7.49. The van der Waals surface area contributed by atoms with E-state index in [4.69, 9.17) is 9.47 Å². The molecule has 35 heavy (non-hydrogen) atoms. The number of thiazole rings is 1. The number of fused-ring (bicyclic) bond motifs is 1. The number of halogens is 2. The maximum atomic E-state index is 13.6. The number of allylic oxidation sites excluding steroid dienone is 1. The molecule has 0 amide bonds. The van der Waals surface area contributed by atoms with E-state index in [0.717, 1.165) is 11.3 Å². The number of nitrogens with zero attached hydrogens (tertiary/aromatic N) is 2. The molecule has 2 heterocycles. The summed E-state index contributed by atoms with van der Waals surface area (Å²) in [7, 11) is 1.54. The second-order valence-corrected chi connectivity index (χ2v) is 8.50. The molecule has 0 radical (unpaired) electrons. The standard InChI is InChI=1S/C25H22F2N2O5S/c1-4-33-23(31)20-14(2)28-25-29(21(20)15-9-11-17(32-3)12-10-15)22(30)19(35-25)13-16-7-5-6-8-18(16)34-24(26)27/h5-13,21,24H,4H2,1-3H3/b19-13-/t21-/m0/s1. The highest BCUT2D eigenvalue weighted by atomic mass is 32.1. The minimum Gasteiger partial charge on any atom is -0.497 e. The fraction of sp³-hybridized carbons (Fsp3) is 0.240. The first-order chi connectivity index (χ1) is 16.8. The Morgan fingerprint density at radius 3 is 2.57 bits per heavy atom. The molecule has 3 aromatic rings. The van der Waals surface area contributed by atoms with E-state index in [2.05, 4.69) is 9.73 Å². The summed E-state index contributed by atoms with van der Waals surface area (Å²) in [5, 5.41) is 0. The zero-order chi connectivity index (χ0) is 25.1. The molecule has 0 fully saturated rings. The maximum Gasteiger partial charge on any atom is 0.387 e. The fourth-order valence-electron chi connectivity index (χ4n) is 3.84. The summed E-state index contributed by atoms with van der Waals surface area (Å²) >= 11 is 1.10. The lowest BCUT2D eigenvalue weighted by atomic mass is 9.96. The van der Waals surface area contributed by atoms with Gasteiger partial charge >= 0.3 is 12.6 Å². The predicted octanol–water partition coefficient (Wildman–Crippen LogP) is 3.41. The lowest BCUT2D eigenvalue weighted by molar-refractivity contribution is -0.139. The van der Waals surface area contributed by atoms with Crippen molar-refractivity contribution in [1.29, 1.82) is 0 Å². The lowest BCUT2D eigenvalue weighted by Gasteiger charge is -2.24. The molecule has 0 spiro atoms. The van der Waals surface area contributed by atoms with E-state index in [1.54, 1.807) is 63.4 Å². The van der Waals surface area contributed by atoms with E-state index in [1.807, 2.05) is 0 Å². The molecule has 1 aromatic heterocycles. The molecule has 0 N–H and O–H groups in total. The quantitative estimate of drug-likeness (QED) is 0.465. The second kappa shape index (κ2) is 10.2. The number of hydrogen-bond acceptors (Lipinski definition) is 7. The lowest BCUT2D eigenvalue weighted by Crippen LogP contribution is -2.39. The first-order valence-electron chi connectivity index (χ1n) is 10.7. The Morgan fingerprint density at radius 2 is 1.91 bits per heavy atom. The molecule has 0 unspecified atom stereocenters. The molecule has 0 saturated heterocycles. The van der Waals surface area contributed by atoms with Crippen LogP contribution in [-0.4, -0.2) is 30.9 Å². The minimum absolute atomic E-state index is 0.0524. The monoisotopic (exact) mass is 500 g/mol. The van der Waals surface area contributed by atoms with Crippen LogP contribution < -0.4 is 24.4 Å². The Balaban J connectivity index is 1.92. The van der Waals surface area contributed by atoms with Crippen LogP contribution in [0.4, 0.5) is 8.78 Å². The SMILES string of the molecule is CCOC(=O)C1=C(C)N=c2s/c(=C\c3ccccc3OC(F)F)c(=O)n2[C@H]1c1ccc(OC)cc1. The van der Waals surface area contributed by atoms with E-state index in [1.165, 1.54) is 16.7 Å². The van der Waals surface area contributed by atoms with Crippen molar-refractivity contribution in [2.24, 2.45) is 4.99 Å². The number of esters is 1. The third kappa shape index (κ3) is 4.88. The highest BCUT2D eigenvalue weighted by Crippen LogP contribution is 2.31. The van der Waals surface area contributed by atoms with E-state index >= 15 is 0 Å². The number of methoxy groups -OCH3 is 1. The highest BCUT2D eigenvalue weighted by Gasteiger charge is 2.33. The summed E-state index contributed by atoms with van der Waals surface area (Å²) in [6, 6.07) is 12.4. The molecule has 4 rings (SSSR count). The van der Waals surface area contributed by atoms with E-state index in [-0.39, 0.29) is 22.5 Å². The van der Waals surface area contributed by atoms with Gasteiger partial charge in [-0.1, -0.05) is 41.7 Å². The van der Waals surface area contributed by atoms with Gasteiger partial charge in [-0.05, 0) is 43.7 Å². The van der Waals surface area contributed by atoms with Crippen LogP contribution in [0.15, 0.2) is 69.6 Å². The number of alkyl halides is 2. The van der Waals surface area contributed by atoms with Crippen LogP contribution in [0.2, 0.25) is 0 Å². The maximum absolute atomic E-state index is 13.6. The van der Waals surface area contributed by atoms with Crippen LogP contribution in [0, 0.1) is 0 Å². The third-order valence-electron chi connectivity index (χ3n) is 5.37. The summed E-state index contributed by atoms with van der Waals surface area (Å²) in [4.78, 5) is 31.4. The Labute approximate surface area is 203 Å². The number of ether oxygens (including phenoxy) is 3. The number of carbonyl (C=O) groups excluding carboxylic acids is 1. The molecule has 1 aliphatic rings. The number of para-hydroxylation sites is 1. The summed E-state index contributed by atoms with van der Waals surface area (Å²) in [6.45, 7) is 0.544. The van der Waals surface area contributed by atoms with Gasteiger partial charge < -0.3 is 14.2 Å². The van der Waals surface area contributed by atoms with Crippen molar-refractivity contribution in [3.8, 4) is 11.5 Å². The van der Waals surface area contributed by atoms with Crippen LogP contribution in [0.3, 0.4) is 0 Å². The smallest absolute Gasteiger partial charge is 0.387 e. The zero-order valence-electron chi connectivity index (χ0n) is 19.2. The number of rotatable bonds is 7. The van der Waals surface area contributed by atoms with Gasteiger partial charge in [0.2, 0.25) is 0 Å². The van der Waals surface area contributed by atoms with Crippen molar-refractivity contribution < 1.29 is 27.8 Å². The highest BCUT2D eigenvalue weighted by molar-refractivity contribution is 7.07. The van der Waals surface area contributed by atoms with Gasteiger partial charge in [0.15, 0.2) is 4.80 Å². The molecule has 0 bridgehead atoms. The molecule has 2 aromatic carbocycles. The summed E-state index contributed by atoms with van der Waals surface area (Å²) in [5.41, 5.74) is 1.24. The van der Waals surface area contributed by atoms with Crippen molar-refractivity contribution in [3.63, 3.8) is 0 Å². The average Bonchev–Trinajstić information content (AvgIpc) is 3.13. The molecular weight excluding hydrogens is 478 g/mol. The normalized spacial score (nSPS) is 15.6. The number of benzene rings is 2. The van der Waals surface area contributed by atoms with Gasteiger partial charge in [0.25, 0.3) is 5.56 Å². The first-order valence-corrected chi connectivity index (χ1v) is 11.5. The molecule has 0 saturated carbocycles. The number of aromatic nitrogens is 1. The largest absolute Gasteiger partial charge is 0.497 e. The Kier molecular flexibility index (Phi) is 7.11. The number of carbonyl (C=O) groups is 1. The fourth-order valence-corrected chi connectivity index (χ4v) is 4.87. The van der Waals surface area contributed by atoms with E-state index in [9.17, 15) is 18.4 Å². The van der Waals surface area contributed by atoms with E-state index < -0.39 is 24.2 Å². The van der Waals surface area contributed by atoms with Crippen LogP contribution in [0.5, 0.6) is 11.5 Å². The third-order valence-corrected chi connectivity index (χ3v) is 6.35. The van der Waals surface area contributed by atoms with Gasteiger partial charge in [-0.3, -0.25) is 9.36 Å². The first kappa shape index (κ1) is 24.3. The van der Waals surface area contributed by atoms with Crippen LogP contribution in [-0.2, 0) is 9.53 Å². The van der Waals surface area contributed by atoms with Gasteiger partial charge in [0.1, 0.15) is 11.5 Å². The van der Waals surface area contributed by atoms with Crippen molar-refractivity contribution in [2.75, 3.05) is 13.7 Å². The average molecular weight is 501 g/mol. The van der Waals surface area contributed by atoms with Crippen molar-refractivity contribution in [2.45, 2.75) is 26.5 Å². The predicted molar refractivity (Wildman–Crippen MR) is 126 cm³/mol. The van der Waals surface area contributed by atoms with Gasteiger partial charge in [-0.25, -0.2) is 9.79 Å². The van der Waals surface area contributed by atoms with E-state index in [0.29, 0.717) is 27.4 Å². The number of hydrogen-bond donors (Lipinski definition) is 0. The summed E-state index contributed by atoms with van der Waals surface area (Å²) in [5.74, 6) is -0.00172. The van der Waals surface area contributed by atoms with Gasteiger partial charge in [0.05, 0.1) is 35.6 Å². The molecule has 182 valence electrons. The Hall–Kier alpha value is -3.79. The summed E-state index contributed by atoms with van der Waals surface area (Å²) < 4.78 is 42.5. The molecule has 10 heteroatoms.